The van der Waals surface area contributed by atoms with Crippen LogP contribution in [0.15, 0.2) is 30.0 Å². The summed E-state index contributed by atoms with van der Waals surface area (Å²) in [7, 11) is 0. The molecule has 0 saturated heterocycles. The summed E-state index contributed by atoms with van der Waals surface area (Å²) in [5.74, 6) is -0.723. The van der Waals surface area contributed by atoms with Gasteiger partial charge in [0.1, 0.15) is 5.82 Å². The third-order valence-electron chi connectivity index (χ3n) is 2.34. The monoisotopic (exact) mass is 192 g/mol. The molecule has 0 saturated carbocycles. The Bertz CT molecular complexity index is 404. The Balaban J connectivity index is 2.41. The highest BCUT2D eigenvalue weighted by Crippen LogP contribution is 2.29. The number of hydrogen-bond acceptors (Lipinski definition) is 2. The van der Waals surface area contributed by atoms with E-state index in [-0.39, 0.29) is 17.4 Å². The Kier molecular flexibility index (Phi) is 2.08. The molecule has 0 radical (unpaired) electrons. The highest BCUT2D eigenvalue weighted by Gasteiger charge is 2.22. The third kappa shape index (κ3) is 1.41. The summed E-state index contributed by atoms with van der Waals surface area (Å²) in [6, 6.07) is 5.77. The number of carbonyl (C=O) groups is 1. The Morgan fingerprint density at radius 1 is 1.14 bits per heavy atom. The summed E-state index contributed by atoms with van der Waals surface area (Å²) < 4.78 is 12.6. The van der Waals surface area contributed by atoms with Crippen molar-refractivity contribution in [2.45, 2.75) is 12.8 Å². The first kappa shape index (κ1) is 8.94. The van der Waals surface area contributed by atoms with Crippen molar-refractivity contribution in [2.75, 3.05) is 0 Å². The number of benzene rings is 1. The Morgan fingerprint density at radius 2 is 1.79 bits per heavy atom. The second kappa shape index (κ2) is 3.25. The van der Waals surface area contributed by atoms with Crippen LogP contribution in [0.3, 0.4) is 0 Å². The maximum Gasteiger partial charge on any atom is 0.197 e. The van der Waals surface area contributed by atoms with Crippen molar-refractivity contribution in [3.63, 3.8) is 0 Å². The molecule has 1 aromatic rings. The van der Waals surface area contributed by atoms with Gasteiger partial charge in [0.15, 0.2) is 11.5 Å². The number of carbonyl (C=O) groups excluding carboxylic acids is 1. The maximum absolute atomic E-state index is 12.6. The van der Waals surface area contributed by atoms with Crippen LogP contribution in [0.4, 0.5) is 4.39 Å². The van der Waals surface area contributed by atoms with Crippen molar-refractivity contribution < 1.29 is 14.3 Å². The Labute approximate surface area is 80.7 Å². The van der Waals surface area contributed by atoms with Crippen LogP contribution >= 0.6 is 0 Å². The summed E-state index contributed by atoms with van der Waals surface area (Å²) in [5, 5.41) is 9.42. The van der Waals surface area contributed by atoms with Gasteiger partial charge in [0.25, 0.3) is 0 Å². The number of aliphatic hydroxyl groups is 1. The van der Waals surface area contributed by atoms with Gasteiger partial charge < -0.3 is 5.11 Å². The number of rotatable bonds is 1. The minimum atomic E-state index is -0.321. The van der Waals surface area contributed by atoms with Gasteiger partial charge in [-0.25, -0.2) is 4.39 Å². The van der Waals surface area contributed by atoms with E-state index < -0.39 is 0 Å². The van der Waals surface area contributed by atoms with Crippen molar-refractivity contribution in [1.82, 2.24) is 0 Å². The predicted molar refractivity (Wildman–Crippen MR) is 50.2 cm³/mol. The van der Waals surface area contributed by atoms with Crippen molar-refractivity contribution in [1.29, 1.82) is 0 Å². The number of ketones is 1. The highest BCUT2D eigenvalue weighted by atomic mass is 19.1. The van der Waals surface area contributed by atoms with Crippen LogP contribution in [0.25, 0.3) is 5.57 Å². The number of halogens is 1. The van der Waals surface area contributed by atoms with E-state index in [1.165, 1.54) is 12.1 Å². The number of aliphatic hydroxyl groups excluding tert-OH is 1. The van der Waals surface area contributed by atoms with E-state index in [0.717, 1.165) is 5.56 Å². The predicted octanol–water partition coefficient (Wildman–Crippen LogP) is 2.46. The van der Waals surface area contributed by atoms with Gasteiger partial charge in [-0.3, -0.25) is 4.79 Å². The number of Topliss-reactive ketones (excluding diaryl/α,β-unsaturated/α-hetero) is 1. The van der Waals surface area contributed by atoms with Crippen molar-refractivity contribution in [2.24, 2.45) is 0 Å². The first-order valence-electron chi connectivity index (χ1n) is 4.40. The molecule has 2 rings (SSSR count). The molecule has 0 aliphatic heterocycles. The maximum atomic E-state index is 12.6. The molecule has 1 aromatic carbocycles. The summed E-state index contributed by atoms with van der Waals surface area (Å²) >= 11 is 0. The molecule has 0 atom stereocenters. The topological polar surface area (TPSA) is 37.3 Å². The minimum absolute atomic E-state index is 0.170. The van der Waals surface area contributed by atoms with Crippen molar-refractivity contribution in [3.05, 3.63) is 41.4 Å². The van der Waals surface area contributed by atoms with Crippen molar-refractivity contribution in [3.8, 4) is 0 Å². The summed E-state index contributed by atoms with van der Waals surface area (Å²) in [6.07, 6.45) is 0.884. The average Bonchev–Trinajstić information content (AvgIpc) is 2.50. The molecule has 72 valence electrons. The molecule has 1 aliphatic carbocycles. The van der Waals surface area contributed by atoms with Gasteiger partial charge in [-0.15, -0.1) is 0 Å². The van der Waals surface area contributed by atoms with Crippen LogP contribution in [0.5, 0.6) is 0 Å². The van der Waals surface area contributed by atoms with Gasteiger partial charge in [-0.05, 0) is 24.1 Å². The molecule has 14 heavy (non-hydrogen) atoms. The van der Waals surface area contributed by atoms with Gasteiger partial charge in [0.2, 0.25) is 0 Å². The van der Waals surface area contributed by atoms with E-state index >= 15 is 0 Å². The van der Waals surface area contributed by atoms with Crippen molar-refractivity contribution >= 4 is 11.4 Å². The van der Waals surface area contributed by atoms with E-state index in [1.54, 1.807) is 12.1 Å². The molecule has 2 nitrogen and oxygen atoms in total. The second-order valence-electron chi connectivity index (χ2n) is 3.26. The molecular weight excluding hydrogens is 183 g/mol. The molecule has 0 heterocycles. The van der Waals surface area contributed by atoms with Crippen LogP contribution < -0.4 is 0 Å². The lowest BCUT2D eigenvalue weighted by Gasteiger charge is -2.01. The van der Waals surface area contributed by atoms with Gasteiger partial charge >= 0.3 is 0 Å². The standard InChI is InChI=1S/C11H9FO2/c12-8-3-1-7(2-4-8)9-5-6-10(13)11(9)14/h1-4,14H,5-6H2. The highest BCUT2D eigenvalue weighted by molar-refractivity contribution is 6.04. The first-order valence-corrected chi connectivity index (χ1v) is 4.40. The molecule has 3 heteroatoms. The molecule has 1 aliphatic rings. The average molecular weight is 192 g/mol. The first-order chi connectivity index (χ1) is 6.68. The largest absolute Gasteiger partial charge is 0.504 e. The Morgan fingerprint density at radius 3 is 2.29 bits per heavy atom. The van der Waals surface area contributed by atoms with E-state index in [9.17, 15) is 14.3 Å². The van der Waals surface area contributed by atoms with Crippen LogP contribution in [-0.2, 0) is 4.79 Å². The van der Waals surface area contributed by atoms with E-state index in [4.69, 9.17) is 0 Å². The van der Waals surface area contributed by atoms with Crippen LogP contribution in [-0.4, -0.2) is 10.9 Å². The molecule has 0 aromatic heterocycles. The van der Waals surface area contributed by atoms with Gasteiger partial charge in [-0.2, -0.15) is 0 Å². The normalized spacial score (nSPS) is 16.5. The lowest BCUT2D eigenvalue weighted by atomic mass is 10.1. The Hall–Kier alpha value is -1.64. The van der Waals surface area contributed by atoms with Crippen LogP contribution in [0.2, 0.25) is 0 Å². The molecule has 0 spiro atoms. The lowest BCUT2D eigenvalue weighted by Crippen LogP contribution is -1.93. The molecule has 0 bridgehead atoms. The lowest BCUT2D eigenvalue weighted by molar-refractivity contribution is -0.117. The number of allylic oxidation sites excluding steroid dienone is 2. The number of hydrogen-bond donors (Lipinski definition) is 1. The quantitative estimate of drug-likeness (QED) is 0.742. The second-order valence-corrected chi connectivity index (χ2v) is 3.26. The molecular formula is C11H9FO2. The summed E-state index contributed by atoms with van der Waals surface area (Å²) in [5.41, 5.74) is 1.34. The SMILES string of the molecule is O=C1CCC(c2ccc(F)cc2)=C1O. The fraction of sp³-hybridized carbons (Fsp3) is 0.182. The van der Waals surface area contributed by atoms with Crippen LogP contribution in [0.1, 0.15) is 18.4 Å². The molecule has 0 unspecified atom stereocenters. The van der Waals surface area contributed by atoms with Crippen LogP contribution in [0, 0.1) is 5.82 Å². The van der Waals surface area contributed by atoms with Gasteiger partial charge in [0, 0.05) is 12.0 Å². The fourth-order valence-electron chi connectivity index (χ4n) is 1.58. The van der Waals surface area contributed by atoms with E-state index in [1.807, 2.05) is 0 Å². The van der Waals surface area contributed by atoms with Gasteiger partial charge in [-0.1, -0.05) is 12.1 Å². The van der Waals surface area contributed by atoms with Gasteiger partial charge in [0.05, 0.1) is 0 Å². The van der Waals surface area contributed by atoms with E-state index in [2.05, 4.69) is 0 Å². The zero-order chi connectivity index (χ0) is 10.1. The zero-order valence-electron chi connectivity index (χ0n) is 7.46. The van der Waals surface area contributed by atoms with E-state index in [0.29, 0.717) is 18.4 Å². The minimum Gasteiger partial charge on any atom is -0.504 e. The molecule has 0 amide bonds. The molecule has 0 fully saturated rings. The third-order valence-corrected chi connectivity index (χ3v) is 2.34. The summed E-state index contributed by atoms with van der Waals surface area (Å²) in [6.45, 7) is 0. The molecule has 1 N–H and O–H groups in total. The summed E-state index contributed by atoms with van der Waals surface area (Å²) in [4.78, 5) is 11.0. The fourth-order valence-corrected chi connectivity index (χ4v) is 1.58. The smallest absolute Gasteiger partial charge is 0.197 e. The zero-order valence-corrected chi connectivity index (χ0v) is 7.46.